The van der Waals surface area contributed by atoms with Gasteiger partial charge in [-0.15, -0.1) is 0 Å². The van der Waals surface area contributed by atoms with Gasteiger partial charge in [-0.1, -0.05) is 50.2 Å². The summed E-state index contributed by atoms with van der Waals surface area (Å²) in [5.41, 5.74) is 0. The van der Waals surface area contributed by atoms with E-state index >= 15 is 0 Å². The van der Waals surface area contributed by atoms with Crippen LogP contribution in [0.3, 0.4) is 0 Å². The van der Waals surface area contributed by atoms with Crippen molar-refractivity contribution in [1.29, 1.82) is 0 Å². The SMILES string of the molecule is CC.C[P+](C)(c1ccccc1)c1ccccc1. The zero-order valence-electron chi connectivity index (χ0n) is 11.2. The minimum atomic E-state index is -1.15. The lowest BCUT2D eigenvalue weighted by Gasteiger charge is -2.17. The van der Waals surface area contributed by atoms with Crippen molar-refractivity contribution in [2.24, 2.45) is 0 Å². The third-order valence-corrected chi connectivity index (χ3v) is 5.98. The average molecular weight is 245 g/mol. The summed E-state index contributed by atoms with van der Waals surface area (Å²) in [7, 11) is -1.15. The van der Waals surface area contributed by atoms with Crippen LogP contribution in [0.25, 0.3) is 0 Å². The molecular weight excluding hydrogens is 223 g/mol. The second-order valence-electron chi connectivity index (χ2n) is 4.12. The summed E-state index contributed by atoms with van der Waals surface area (Å²) in [5.74, 6) is 0. The van der Waals surface area contributed by atoms with Crippen LogP contribution in [0.4, 0.5) is 0 Å². The summed E-state index contributed by atoms with van der Waals surface area (Å²) in [5, 5.41) is 2.94. The highest BCUT2D eigenvalue weighted by Gasteiger charge is 2.30. The molecule has 0 aliphatic heterocycles. The first-order valence-electron chi connectivity index (χ1n) is 6.16. The van der Waals surface area contributed by atoms with E-state index in [0.717, 1.165) is 0 Å². The maximum atomic E-state index is 2.37. The van der Waals surface area contributed by atoms with Crippen molar-refractivity contribution >= 4 is 17.9 Å². The second kappa shape index (κ2) is 6.57. The summed E-state index contributed by atoms with van der Waals surface area (Å²) >= 11 is 0. The normalized spacial score (nSPS) is 10.4. The van der Waals surface area contributed by atoms with E-state index in [1.807, 2.05) is 13.8 Å². The Morgan fingerprint density at radius 3 is 1.18 bits per heavy atom. The quantitative estimate of drug-likeness (QED) is 0.703. The van der Waals surface area contributed by atoms with Gasteiger partial charge in [0.15, 0.2) is 0 Å². The van der Waals surface area contributed by atoms with E-state index in [-0.39, 0.29) is 0 Å². The molecule has 0 amide bonds. The molecule has 1 heteroatoms. The van der Waals surface area contributed by atoms with Crippen LogP contribution in [0.2, 0.25) is 0 Å². The third-order valence-electron chi connectivity index (χ3n) is 2.80. The number of rotatable bonds is 2. The molecule has 0 spiro atoms. The van der Waals surface area contributed by atoms with Gasteiger partial charge >= 0.3 is 0 Å². The average Bonchev–Trinajstić information content (AvgIpc) is 2.43. The number of hydrogen-bond donors (Lipinski definition) is 0. The standard InChI is InChI=1S/C14H16P.C2H6/c1-15(2,13-9-5-3-6-10-13)14-11-7-4-8-12-14;1-2/h3-12H,1-2H3;1-2H3/q+1;. The highest BCUT2D eigenvalue weighted by Crippen LogP contribution is 2.48. The second-order valence-corrected chi connectivity index (χ2v) is 8.06. The van der Waals surface area contributed by atoms with Gasteiger partial charge in [-0.2, -0.15) is 0 Å². The van der Waals surface area contributed by atoms with E-state index < -0.39 is 7.26 Å². The molecule has 90 valence electrons. The summed E-state index contributed by atoms with van der Waals surface area (Å²) in [6.45, 7) is 8.75. The lowest BCUT2D eigenvalue weighted by Crippen LogP contribution is -2.19. The van der Waals surface area contributed by atoms with Gasteiger partial charge in [-0.25, -0.2) is 0 Å². The molecule has 0 aromatic heterocycles. The van der Waals surface area contributed by atoms with Gasteiger partial charge in [0.25, 0.3) is 0 Å². The summed E-state index contributed by atoms with van der Waals surface area (Å²) in [6, 6.07) is 21.6. The molecule has 0 radical (unpaired) electrons. The minimum absolute atomic E-state index is 1.15. The van der Waals surface area contributed by atoms with Gasteiger partial charge in [-0.3, -0.25) is 0 Å². The van der Waals surface area contributed by atoms with E-state index in [2.05, 4.69) is 74.0 Å². The van der Waals surface area contributed by atoms with Crippen LogP contribution in [0, 0.1) is 0 Å². The van der Waals surface area contributed by atoms with E-state index in [9.17, 15) is 0 Å². The first-order chi connectivity index (χ1) is 8.21. The van der Waals surface area contributed by atoms with Crippen LogP contribution in [-0.2, 0) is 0 Å². The van der Waals surface area contributed by atoms with Crippen LogP contribution in [-0.4, -0.2) is 13.3 Å². The number of benzene rings is 2. The topological polar surface area (TPSA) is 0 Å². The van der Waals surface area contributed by atoms with Gasteiger partial charge in [0.1, 0.15) is 0 Å². The molecule has 2 aromatic carbocycles. The molecule has 0 saturated carbocycles. The summed E-state index contributed by atoms with van der Waals surface area (Å²) < 4.78 is 0. The Labute approximate surface area is 106 Å². The Balaban J connectivity index is 0.000000686. The zero-order chi connectivity index (χ0) is 12.7. The predicted octanol–water partition coefficient (Wildman–Crippen LogP) is 3.94. The Hall–Kier alpha value is -1.13. The predicted molar refractivity (Wildman–Crippen MR) is 82.3 cm³/mol. The van der Waals surface area contributed by atoms with Crippen molar-refractivity contribution in [3.05, 3.63) is 60.7 Å². The Morgan fingerprint density at radius 2 is 0.882 bits per heavy atom. The van der Waals surface area contributed by atoms with Crippen molar-refractivity contribution in [1.82, 2.24) is 0 Å². The molecule has 0 fully saturated rings. The van der Waals surface area contributed by atoms with Crippen molar-refractivity contribution in [3.8, 4) is 0 Å². The molecule has 0 atom stereocenters. The molecule has 2 aromatic rings. The lowest BCUT2D eigenvalue weighted by atomic mass is 10.4. The zero-order valence-corrected chi connectivity index (χ0v) is 12.1. The smallest absolute Gasteiger partial charge is 0.0683 e. The maximum absolute atomic E-state index is 2.37. The van der Waals surface area contributed by atoms with Crippen LogP contribution in [0.1, 0.15) is 13.8 Å². The van der Waals surface area contributed by atoms with Crippen LogP contribution in [0.5, 0.6) is 0 Å². The molecule has 0 aliphatic rings. The van der Waals surface area contributed by atoms with Gasteiger partial charge in [0.05, 0.1) is 31.2 Å². The van der Waals surface area contributed by atoms with E-state index in [0.29, 0.717) is 0 Å². The highest BCUT2D eigenvalue weighted by atomic mass is 31.2. The monoisotopic (exact) mass is 245 g/mol. The fraction of sp³-hybridized carbons (Fsp3) is 0.250. The Bertz CT molecular complexity index is 376. The van der Waals surface area contributed by atoms with Crippen molar-refractivity contribution in [3.63, 3.8) is 0 Å². The number of hydrogen-bond acceptors (Lipinski definition) is 0. The Kier molecular flexibility index (Phi) is 5.38. The van der Waals surface area contributed by atoms with Gasteiger partial charge in [0.2, 0.25) is 0 Å². The first kappa shape index (κ1) is 13.9. The van der Waals surface area contributed by atoms with Crippen molar-refractivity contribution in [2.45, 2.75) is 13.8 Å². The van der Waals surface area contributed by atoms with Crippen molar-refractivity contribution < 1.29 is 0 Å². The molecule has 2 rings (SSSR count). The van der Waals surface area contributed by atoms with Gasteiger partial charge < -0.3 is 0 Å². The molecule has 0 heterocycles. The van der Waals surface area contributed by atoms with E-state index in [4.69, 9.17) is 0 Å². The largest absolute Gasteiger partial charge is 0.0985 e. The molecule has 0 nitrogen and oxygen atoms in total. The molecule has 0 unspecified atom stereocenters. The van der Waals surface area contributed by atoms with E-state index in [1.165, 1.54) is 10.6 Å². The minimum Gasteiger partial charge on any atom is -0.0683 e. The van der Waals surface area contributed by atoms with Crippen LogP contribution >= 0.6 is 7.26 Å². The third kappa shape index (κ3) is 3.41. The fourth-order valence-corrected chi connectivity index (χ4v) is 3.88. The molecule has 0 bridgehead atoms. The van der Waals surface area contributed by atoms with Crippen LogP contribution < -0.4 is 10.6 Å². The van der Waals surface area contributed by atoms with Gasteiger partial charge in [-0.05, 0) is 24.3 Å². The summed E-state index contributed by atoms with van der Waals surface area (Å²) in [4.78, 5) is 0. The molecular formula is C16H22P+. The van der Waals surface area contributed by atoms with E-state index in [1.54, 1.807) is 0 Å². The highest BCUT2D eigenvalue weighted by molar-refractivity contribution is 7.88. The fourth-order valence-electron chi connectivity index (χ4n) is 1.75. The maximum Gasteiger partial charge on any atom is 0.0985 e. The first-order valence-corrected chi connectivity index (χ1v) is 8.85. The lowest BCUT2D eigenvalue weighted by molar-refractivity contribution is 1.50. The molecule has 17 heavy (non-hydrogen) atoms. The molecule has 0 saturated heterocycles. The van der Waals surface area contributed by atoms with Crippen molar-refractivity contribution in [2.75, 3.05) is 13.3 Å². The Morgan fingerprint density at radius 1 is 0.588 bits per heavy atom. The summed E-state index contributed by atoms with van der Waals surface area (Å²) in [6.07, 6.45) is 0. The van der Waals surface area contributed by atoms with Crippen LogP contribution in [0.15, 0.2) is 60.7 Å². The molecule has 0 N–H and O–H groups in total. The van der Waals surface area contributed by atoms with Gasteiger partial charge in [0, 0.05) is 0 Å². The molecule has 0 aliphatic carbocycles.